The highest BCUT2D eigenvalue weighted by Crippen LogP contribution is 2.24. The maximum atomic E-state index is 10.9. The van der Waals surface area contributed by atoms with Crippen LogP contribution in [0.5, 0.6) is 0 Å². The fraction of sp³-hybridized carbons (Fsp3) is 0.917. The Labute approximate surface area is 86.7 Å². The minimum Gasteiger partial charge on any atom is -0.481 e. The van der Waals surface area contributed by atoms with Gasteiger partial charge in [0.15, 0.2) is 0 Å². The summed E-state index contributed by atoms with van der Waals surface area (Å²) in [6.45, 7) is 2.25. The third-order valence-electron chi connectivity index (χ3n) is 3.36. The molecule has 2 unspecified atom stereocenters. The number of rotatable bonds is 1. The van der Waals surface area contributed by atoms with E-state index in [-0.39, 0.29) is 5.92 Å². The summed E-state index contributed by atoms with van der Waals surface area (Å²) in [5.41, 5.74) is 0. The van der Waals surface area contributed by atoms with Crippen molar-refractivity contribution in [2.45, 2.75) is 58.3 Å². The van der Waals surface area contributed by atoms with Gasteiger partial charge in [-0.25, -0.2) is 0 Å². The second kappa shape index (κ2) is 6.05. The molecule has 0 aliphatic heterocycles. The Morgan fingerprint density at radius 1 is 1.00 bits per heavy atom. The van der Waals surface area contributed by atoms with Gasteiger partial charge in [-0.15, -0.1) is 0 Å². The highest BCUT2D eigenvalue weighted by Gasteiger charge is 2.18. The molecule has 0 bridgehead atoms. The summed E-state index contributed by atoms with van der Waals surface area (Å²) in [5, 5.41) is 9.00. The molecule has 82 valence electrons. The molecule has 1 saturated carbocycles. The number of carbonyl (C=O) groups is 1. The van der Waals surface area contributed by atoms with Gasteiger partial charge in [-0.05, 0) is 25.2 Å². The van der Waals surface area contributed by atoms with E-state index < -0.39 is 5.97 Å². The molecule has 0 aromatic heterocycles. The molecular weight excluding hydrogens is 176 g/mol. The predicted octanol–water partition coefficient (Wildman–Crippen LogP) is 3.46. The van der Waals surface area contributed by atoms with Gasteiger partial charge in [0.25, 0.3) is 0 Å². The first-order valence-corrected chi connectivity index (χ1v) is 5.93. The molecule has 0 amide bonds. The topological polar surface area (TPSA) is 37.3 Å². The van der Waals surface area contributed by atoms with Gasteiger partial charge in [-0.2, -0.15) is 0 Å². The molecule has 0 aromatic rings. The lowest BCUT2D eigenvalue weighted by Gasteiger charge is -2.18. The average molecular weight is 198 g/mol. The molecule has 1 aliphatic carbocycles. The second-order valence-electron chi connectivity index (χ2n) is 4.71. The quantitative estimate of drug-likeness (QED) is 0.700. The lowest BCUT2D eigenvalue weighted by Crippen LogP contribution is -2.15. The Balaban J connectivity index is 2.40. The summed E-state index contributed by atoms with van der Waals surface area (Å²) in [4.78, 5) is 10.9. The zero-order chi connectivity index (χ0) is 10.4. The standard InChI is InChI=1S/C12H22O2/c1-10-6-4-2-3-5-7-11(9-8-10)12(13)14/h10-11H,2-9H2,1H3,(H,13,14). The number of carboxylic acids is 1. The van der Waals surface area contributed by atoms with Crippen molar-refractivity contribution in [3.05, 3.63) is 0 Å². The maximum Gasteiger partial charge on any atom is 0.306 e. The average Bonchev–Trinajstić information content (AvgIpc) is 2.15. The smallest absolute Gasteiger partial charge is 0.306 e. The third kappa shape index (κ3) is 4.12. The summed E-state index contributed by atoms with van der Waals surface area (Å²) in [6, 6.07) is 0. The first-order chi connectivity index (χ1) is 6.70. The molecule has 2 atom stereocenters. The fourth-order valence-corrected chi connectivity index (χ4v) is 2.26. The molecule has 0 spiro atoms. The van der Waals surface area contributed by atoms with Crippen molar-refractivity contribution in [3.8, 4) is 0 Å². The van der Waals surface area contributed by atoms with Gasteiger partial charge in [0.05, 0.1) is 5.92 Å². The summed E-state index contributed by atoms with van der Waals surface area (Å²) >= 11 is 0. The molecule has 0 radical (unpaired) electrons. The summed E-state index contributed by atoms with van der Waals surface area (Å²) < 4.78 is 0. The van der Waals surface area contributed by atoms with Gasteiger partial charge >= 0.3 is 5.97 Å². The van der Waals surface area contributed by atoms with Crippen LogP contribution in [-0.4, -0.2) is 11.1 Å². The highest BCUT2D eigenvalue weighted by molar-refractivity contribution is 5.69. The first kappa shape index (κ1) is 11.5. The molecule has 0 heterocycles. The van der Waals surface area contributed by atoms with E-state index in [1.807, 2.05) is 0 Å². The minimum absolute atomic E-state index is 0.0736. The van der Waals surface area contributed by atoms with Crippen LogP contribution in [0, 0.1) is 11.8 Å². The molecule has 1 aliphatic rings. The fourth-order valence-electron chi connectivity index (χ4n) is 2.26. The Kier molecular flexibility index (Phi) is 4.99. The first-order valence-electron chi connectivity index (χ1n) is 5.93. The van der Waals surface area contributed by atoms with Crippen LogP contribution in [0.4, 0.5) is 0 Å². The molecule has 14 heavy (non-hydrogen) atoms. The SMILES string of the molecule is CC1CCCCCCC(C(=O)O)CC1. The monoisotopic (exact) mass is 198 g/mol. The van der Waals surface area contributed by atoms with Gasteiger partial charge in [-0.3, -0.25) is 4.79 Å². The van der Waals surface area contributed by atoms with E-state index in [0.29, 0.717) is 0 Å². The van der Waals surface area contributed by atoms with Crippen LogP contribution < -0.4 is 0 Å². The Morgan fingerprint density at radius 2 is 1.64 bits per heavy atom. The van der Waals surface area contributed by atoms with Crippen LogP contribution in [0.3, 0.4) is 0 Å². The van der Waals surface area contributed by atoms with Crippen molar-refractivity contribution in [3.63, 3.8) is 0 Å². The van der Waals surface area contributed by atoms with E-state index >= 15 is 0 Å². The van der Waals surface area contributed by atoms with Crippen molar-refractivity contribution in [2.24, 2.45) is 11.8 Å². The lowest BCUT2D eigenvalue weighted by molar-refractivity contribution is -0.142. The van der Waals surface area contributed by atoms with E-state index in [2.05, 4.69) is 6.92 Å². The molecule has 1 fully saturated rings. The zero-order valence-electron chi connectivity index (χ0n) is 9.17. The van der Waals surface area contributed by atoms with Crippen molar-refractivity contribution >= 4 is 5.97 Å². The summed E-state index contributed by atoms with van der Waals surface area (Å²) in [5.74, 6) is 0.0586. The van der Waals surface area contributed by atoms with Crippen LogP contribution in [0.2, 0.25) is 0 Å². The molecule has 0 aromatic carbocycles. The highest BCUT2D eigenvalue weighted by atomic mass is 16.4. The van der Waals surface area contributed by atoms with Gasteiger partial charge < -0.3 is 5.11 Å². The van der Waals surface area contributed by atoms with Crippen molar-refractivity contribution in [1.29, 1.82) is 0 Å². The van der Waals surface area contributed by atoms with E-state index in [9.17, 15) is 4.79 Å². The van der Waals surface area contributed by atoms with Crippen molar-refractivity contribution in [2.75, 3.05) is 0 Å². The molecule has 1 N–H and O–H groups in total. The minimum atomic E-state index is -0.585. The molecule has 2 heteroatoms. The van der Waals surface area contributed by atoms with Crippen LogP contribution in [0.15, 0.2) is 0 Å². The van der Waals surface area contributed by atoms with Gasteiger partial charge in [0.2, 0.25) is 0 Å². The lowest BCUT2D eigenvalue weighted by atomic mass is 9.88. The van der Waals surface area contributed by atoms with Gasteiger partial charge in [0, 0.05) is 0 Å². The number of aliphatic carboxylic acids is 1. The Bertz CT molecular complexity index is 177. The van der Waals surface area contributed by atoms with E-state index in [0.717, 1.165) is 31.6 Å². The van der Waals surface area contributed by atoms with E-state index in [1.54, 1.807) is 0 Å². The number of hydrogen-bond acceptors (Lipinski definition) is 1. The predicted molar refractivity (Wildman–Crippen MR) is 57.2 cm³/mol. The van der Waals surface area contributed by atoms with E-state index in [4.69, 9.17) is 5.11 Å². The molecule has 0 saturated heterocycles. The van der Waals surface area contributed by atoms with Crippen LogP contribution in [0.1, 0.15) is 58.3 Å². The van der Waals surface area contributed by atoms with Crippen LogP contribution in [0.25, 0.3) is 0 Å². The summed E-state index contributed by atoms with van der Waals surface area (Å²) in [6.07, 6.45) is 9.10. The number of hydrogen-bond donors (Lipinski definition) is 1. The zero-order valence-corrected chi connectivity index (χ0v) is 9.17. The maximum absolute atomic E-state index is 10.9. The van der Waals surface area contributed by atoms with Crippen LogP contribution >= 0.6 is 0 Å². The Hall–Kier alpha value is -0.530. The van der Waals surface area contributed by atoms with E-state index in [1.165, 1.54) is 25.7 Å². The molecular formula is C12H22O2. The van der Waals surface area contributed by atoms with Gasteiger partial charge in [-0.1, -0.05) is 39.0 Å². The summed E-state index contributed by atoms with van der Waals surface area (Å²) in [7, 11) is 0. The Morgan fingerprint density at radius 3 is 2.29 bits per heavy atom. The number of carboxylic acid groups (broad SMARTS) is 1. The van der Waals surface area contributed by atoms with Gasteiger partial charge in [0.1, 0.15) is 0 Å². The molecule has 2 nitrogen and oxygen atoms in total. The van der Waals surface area contributed by atoms with Crippen molar-refractivity contribution < 1.29 is 9.90 Å². The second-order valence-corrected chi connectivity index (χ2v) is 4.71. The third-order valence-corrected chi connectivity index (χ3v) is 3.36. The normalized spacial score (nSPS) is 30.9. The molecule has 1 rings (SSSR count). The van der Waals surface area contributed by atoms with Crippen LogP contribution in [-0.2, 0) is 4.79 Å². The van der Waals surface area contributed by atoms with Crippen molar-refractivity contribution in [1.82, 2.24) is 0 Å². The largest absolute Gasteiger partial charge is 0.481 e.